The summed E-state index contributed by atoms with van der Waals surface area (Å²) in [6, 6.07) is 28.2. The zero-order valence-electron chi connectivity index (χ0n) is 20.1. The third-order valence-electron chi connectivity index (χ3n) is 7.63. The second kappa shape index (κ2) is 7.85. The summed E-state index contributed by atoms with van der Waals surface area (Å²) in [6.07, 6.45) is 6.08. The van der Waals surface area contributed by atoms with Crippen molar-refractivity contribution in [2.24, 2.45) is 5.92 Å². The average Bonchev–Trinajstić information content (AvgIpc) is 3.32. The standard InChI is InChI=1S/C30H32N2/c1-21-13-9-11-19-26(21)31-22(2)29-28(23-14-5-3-6-15-23)25-18-10-12-20-27(25)32(29)30(31)24-16-7-4-8-17-24/h4,7-13,16-20,23,28,30H,3,5-6,14-15H2,1-2H3/i28D. The van der Waals surface area contributed by atoms with Gasteiger partial charge in [0.1, 0.15) is 6.17 Å². The molecule has 1 saturated carbocycles. The van der Waals surface area contributed by atoms with E-state index in [9.17, 15) is 1.37 Å². The van der Waals surface area contributed by atoms with E-state index in [1.807, 2.05) is 0 Å². The van der Waals surface area contributed by atoms with Crippen molar-refractivity contribution in [2.45, 2.75) is 58.0 Å². The average molecular weight is 422 g/mol. The molecule has 0 amide bonds. The van der Waals surface area contributed by atoms with Crippen molar-refractivity contribution in [3.63, 3.8) is 0 Å². The van der Waals surface area contributed by atoms with E-state index in [1.165, 1.54) is 58.7 Å². The molecule has 6 rings (SSSR count). The third kappa shape index (κ3) is 2.92. The van der Waals surface area contributed by atoms with Crippen LogP contribution in [0.1, 0.15) is 69.1 Å². The Hall–Kier alpha value is -3.00. The topological polar surface area (TPSA) is 6.48 Å². The fourth-order valence-corrected chi connectivity index (χ4v) is 6.20. The van der Waals surface area contributed by atoms with Gasteiger partial charge in [-0.05, 0) is 61.4 Å². The molecule has 2 unspecified atom stereocenters. The molecule has 3 aromatic carbocycles. The number of fused-ring (bicyclic) bond motifs is 3. The lowest BCUT2D eigenvalue weighted by atomic mass is 9.76. The quantitative estimate of drug-likeness (QED) is 0.424. The molecule has 2 heteroatoms. The van der Waals surface area contributed by atoms with E-state index < -0.39 is 5.89 Å². The van der Waals surface area contributed by atoms with Crippen LogP contribution in [0, 0.1) is 12.8 Å². The van der Waals surface area contributed by atoms with Crippen LogP contribution in [0.15, 0.2) is 90.3 Å². The molecule has 2 nitrogen and oxygen atoms in total. The van der Waals surface area contributed by atoms with Gasteiger partial charge in [0.25, 0.3) is 0 Å². The van der Waals surface area contributed by atoms with Crippen molar-refractivity contribution in [3.05, 3.63) is 107 Å². The molecule has 3 aliphatic rings. The maximum absolute atomic E-state index is 10.1. The first-order valence-corrected chi connectivity index (χ1v) is 12.1. The van der Waals surface area contributed by atoms with Crippen LogP contribution in [-0.4, -0.2) is 0 Å². The summed E-state index contributed by atoms with van der Waals surface area (Å²) in [4.78, 5) is 4.98. The normalized spacial score (nSPS) is 25.7. The molecule has 2 heterocycles. The molecule has 0 radical (unpaired) electrons. The summed E-state index contributed by atoms with van der Waals surface area (Å²) in [5.41, 5.74) is 8.56. The first kappa shape index (κ1) is 18.6. The minimum absolute atomic E-state index is 0.0132. The first-order valence-electron chi connectivity index (χ1n) is 12.6. The molecule has 2 atom stereocenters. The lowest BCUT2D eigenvalue weighted by molar-refractivity contribution is 0.327. The van der Waals surface area contributed by atoms with Crippen LogP contribution < -0.4 is 9.80 Å². The molecular weight excluding hydrogens is 388 g/mol. The molecule has 2 aliphatic heterocycles. The summed E-state index contributed by atoms with van der Waals surface area (Å²) < 4.78 is 10.1. The van der Waals surface area contributed by atoms with Crippen molar-refractivity contribution in [3.8, 4) is 0 Å². The lowest BCUT2D eigenvalue weighted by Crippen LogP contribution is -2.32. The molecular formula is C30H32N2. The van der Waals surface area contributed by atoms with Crippen molar-refractivity contribution in [1.82, 2.24) is 0 Å². The van der Waals surface area contributed by atoms with Crippen LogP contribution >= 0.6 is 0 Å². The van der Waals surface area contributed by atoms with E-state index >= 15 is 0 Å². The van der Waals surface area contributed by atoms with Crippen LogP contribution in [0.25, 0.3) is 0 Å². The summed E-state index contributed by atoms with van der Waals surface area (Å²) in [6.45, 7) is 4.44. The predicted octanol–water partition coefficient (Wildman–Crippen LogP) is 7.93. The Kier molecular flexibility index (Phi) is 4.55. The number of para-hydroxylation sites is 2. The highest BCUT2D eigenvalue weighted by Crippen LogP contribution is 2.59. The predicted molar refractivity (Wildman–Crippen MR) is 134 cm³/mol. The Morgan fingerprint density at radius 3 is 2.12 bits per heavy atom. The van der Waals surface area contributed by atoms with E-state index in [-0.39, 0.29) is 6.17 Å². The van der Waals surface area contributed by atoms with E-state index in [2.05, 4.69) is 103 Å². The van der Waals surface area contributed by atoms with Crippen molar-refractivity contribution < 1.29 is 1.37 Å². The van der Waals surface area contributed by atoms with Gasteiger partial charge < -0.3 is 9.80 Å². The van der Waals surface area contributed by atoms with E-state index in [0.717, 1.165) is 12.8 Å². The highest BCUT2D eigenvalue weighted by atomic mass is 15.4. The summed E-state index contributed by atoms with van der Waals surface area (Å²) in [5.74, 6) is -0.346. The number of allylic oxidation sites excluding steroid dienone is 2. The minimum Gasteiger partial charge on any atom is -0.318 e. The van der Waals surface area contributed by atoms with Crippen LogP contribution in [0.4, 0.5) is 11.4 Å². The molecule has 162 valence electrons. The van der Waals surface area contributed by atoms with Crippen molar-refractivity contribution in [2.75, 3.05) is 9.80 Å². The second-order valence-corrected chi connectivity index (χ2v) is 9.51. The van der Waals surface area contributed by atoms with Gasteiger partial charge in [0.2, 0.25) is 0 Å². The van der Waals surface area contributed by atoms with Gasteiger partial charge in [0.15, 0.2) is 0 Å². The smallest absolute Gasteiger partial charge is 0.136 e. The van der Waals surface area contributed by atoms with E-state index in [0.29, 0.717) is 5.92 Å². The van der Waals surface area contributed by atoms with Crippen LogP contribution in [-0.2, 0) is 0 Å². The van der Waals surface area contributed by atoms with Gasteiger partial charge in [-0.2, -0.15) is 0 Å². The van der Waals surface area contributed by atoms with E-state index in [1.54, 1.807) is 0 Å². The molecule has 32 heavy (non-hydrogen) atoms. The molecule has 1 aliphatic carbocycles. The fraction of sp³-hybridized carbons (Fsp3) is 0.333. The van der Waals surface area contributed by atoms with Crippen molar-refractivity contribution in [1.29, 1.82) is 0 Å². The van der Waals surface area contributed by atoms with Gasteiger partial charge in [-0.1, -0.05) is 86.0 Å². The molecule has 0 spiro atoms. The van der Waals surface area contributed by atoms with Crippen LogP contribution in [0.2, 0.25) is 0 Å². The Morgan fingerprint density at radius 2 is 1.38 bits per heavy atom. The van der Waals surface area contributed by atoms with Crippen molar-refractivity contribution >= 4 is 11.4 Å². The van der Waals surface area contributed by atoms with Gasteiger partial charge in [-0.25, -0.2) is 0 Å². The number of aryl methyl sites for hydroxylation is 1. The van der Waals surface area contributed by atoms with Gasteiger partial charge in [0.05, 0.1) is 0 Å². The van der Waals surface area contributed by atoms with Gasteiger partial charge in [-0.15, -0.1) is 0 Å². The minimum atomic E-state index is -0.703. The lowest BCUT2D eigenvalue weighted by Gasteiger charge is -2.35. The maximum Gasteiger partial charge on any atom is 0.136 e. The van der Waals surface area contributed by atoms with Gasteiger partial charge in [0, 0.05) is 30.0 Å². The Bertz CT molecular complexity index is 1210. The van der Waals surface area contributed by atoms with E-state index in [4.69, 9.17) is 0 Å². The highest BCUT2D eigenvalue weighted by Gasteiger charge is 2.49. The van der Waals surface area contributed by atoms with Crippen LogP contribution in [0.3, 0.4) is 0 Å². The summed E-state index contributed by atoms with van der Waals surface area (Å²) in [5, 5.41) is 0. The summed E-state index contributed by atoms with van der Waals surface area (Å²) >= 11 is 0. The van der Waals surface area contributed by atoms with Gasteiger partial charge in [-0.3, -0.25) is 0 Å². The number of rotatable bonds is 3. The second-order valence-electron chi connectivity index (χ2n) is 9.51. The zero-order chi connectivity index (χ0) is 22.6. The third-order valence-corrected chi connectivity index (χ3v) is 7.63. The monoisotopic (exact) mass is 421 g/mol. The molecule has 1 fully saturated rings. The SMILES string of the molecule is [2H]C1(C2CCCCC2)C2=C(C)N(c3ccccc3C)C(c3ccccc3)N2c2ccccc21. The molecule has 3 aromatic rings. The molecule has 0 aromatic heterocycles. The number of benzene rings is 3. The number of hydrogen-bond donors (Lipinski definition) is 0. The first-order chi connectivity index (χ1) is 16.1. The highest BCUT2D eigenvalue weighted by molar-refractivity contribution is 5.77. The number of anilines is 2. The Labute approximate surface area is 193 Å². The van der Waals surface area contributed by atoms with Crippen LogP contribution in [0.5, 0.6) is 0 Å². The zero-order valence-corrected chi connectivity index (χ0v) is 19.1. The molecule has 0 bridgehead atoms. The molecule has 0 saturated heterocycles. The fourth-order valence-electron chi connectivity index (χ4n) is 6.20. The largest absolute Gasteiger partial charge is 0.318 e. The maximum atomic E-state index is 10.1. The number of hydrogen-bond acceptors (Lipinski definition) is 2. The Morgan fingerprint density at radius 1 is 0.719 bits per heavy atom. The number of nitrogens with zero attached hydrogens (tertiary/aromatic N) is 2. The molecule has 0 N–H and O–H groups in total. The Balaban J connectivity index is 1.62. The van der Waals surface area contributed by atoms with Gasteiger partial charge >= 0.3 is 0 Å². The summed E-state index contributed by atoms with van der Waals surface area (Å²) in [7, 11) is 0.